The van der Waals surface area contributed by atoms with Crippen molar-refractivity contribution in [2.75, 3.05) is 53.0 Å². The summed E-state index contributed by atoms with van der Waals surface area (Å²) < 4.78 is 11.5. The van der Waals surface area contributed by atoms with Crippen molar-refractivity contribution in [3.63, 3.8) is 0 Å². The zero-order valence-corrected chi connectivity index (χ0v) is 20.4. The van der Waals surface area contributed by atoms with Gasteiger partial charge in [0.2, 0.25) is 0 Å². The fourth-order valence-corrected chi connectivity index (χ4v) is 3.39. The third-order valence-electron chi connectivity index (χ3n) is 5.36. The Hall–Kier alpha value is -1.06. The van der Waals surface area contributed by atoms with Crippen LogP contribution >= 0.6 is 24.0 Å². The standard InChI is InChI=1S/C22H36N4O2.HI/c1-17-4-7-20(21(12-17)28-16-19-5-6-19)14-25-22(23-3)24-13-18(2)15-26-8-10-27-11-9-26;/h4,7,12,18-19H,5-6,8-11,13-16H2,1-3H3,(H2,23,24,25);1H. The van der Waals surface area contributed by atoms with Gasteiger partial charge in [-0.1, -0.05) is 19.1 Å². The van der Waals surface area contributed by atoms with Crippen molar-refractivity contribution in [3.05, 3.63) is 29.3 Å². The lowest BCUT2D eigenvalue weighted by atomic mass is 10.1. The first-order chi connectivity index (χ1) is 13.6. The van der Waals surface area contributed by atoms with Crippen LogP contribution in [-0.4, -0.2) is 63.9 Å². The van der Waals surface area contributed by atoms with Crippen LogP contribution in [0.25, 0.3) is 0 Å². The number of hydrogen-bond acceptors (Lipinski definition) is 4. The minimum atomic E-state index is 0. The number of nitrogens with one attached hydrogen (secondary N) is 2. The molecule has 0 amide bonds. The lowest BCUT2D eigenvalue weighted by Crippen LogP contribution is -2.43. The maximum atomic E-state index is 6.07. The molecule has 3 rings (SSSR count). The van der Waals surface area contributed by atoms with Gasteiger partial charge in [-0.15, -0.1) is 24.0 Å². The summed E-state index contributed by atoms with van der Waals surface area (Å²) in [4.78, 5) is 6.85. The van der Waals surface area contributed by atoms with Crippen molar-refractivity contribution < 1.29 is 9.47 Å². The van der Waals surface area contributed by atoms with Gasteiger partial charge in [-0.05, 0) is 43.2 Å². The average Bonchev–Trinajstić information content (AvgIpc) is 3.53. The van der Waals surface area contributed by atoms with Gasteiger partial charge >= 0.3 is 0 Å². The van der Waals surface area contributed by atoms with Crippen molar-refractivity contribution in [1.29, 1.82) is 0 Å². The number of guanidine groups is 1. The van der Waals surface area contributed by atoms with E-state index in [4.69, 9.17) is 9.47 Å². The van der Waals surface area contributed by atoms with E-state index in [9.17, 15) is 0 Å². The molecule has 1 aromatic carbocycles. The number of rotatable bonds is 9. The molecule has 1 heterocycles. The molecule has 1 atom stereocenters. The molecule has 2 fully saturated rings. The van der Waals surface area contributed by atoms with Crippen LogP contribution in [0, 0.1) is 18.8 Å². The van der Waals surface area contributed by atoms with Gasteiger partial charge < -0.3 is 20.1 Å². The monoisotopic (exact) mass is 516 g/mol. The Labute approximate surface area is 192 Å². The highest BCUT2D eigenvalue weighted by Gasteiger charge is 2.22. The van der Waals surface area contributed by atoms with Crippen molar-refractivity contribution in [2.24, 2.45) is 16.8 Å². The average molecular weight is 516 g/mol. The van der Waals surface area contributed by atoms with Gasteiger partial charge in [-0.25, -0.2) is 0 Å². The molecule has 0 aromatic heterocycles. The summed E-state index contributed by atoms with van der Waals surface area (Å²) in [6.45, 7) is 11.7. The van der Waals surface area contributed by atoms with Gasteiger partial charge in [0, 0.05) is 45.3 Å². The molecular formula is C22H37IN4O2. The third kappa shape index (κ3) is 8.68. The topological polar surface area (TPSA) is 58.1 Å². The molecule has 2 aliphatic rings. The van der Waals surface area contributed by atoms with Gasteiger partial charge in [-0.3, -0.25) is 9.89 Å². The molecule has 164 valence electrons. The summed E-state index contributed by atoms with van der Waals surface area (Å²) in [6, 6.07) is 6.43. The van der Waals surface area contributed by atoms with Crippen LogP contribution in [0.15, 0.2) is 23.2 Å². The highest BCUT2D eigenvalue weighted by atomic mass is 127. The van der Waals surface area contributed by atoms with E-state index in [1.54, 1.807) is 0 Å². The Kier molecular flexibility index (Phi) is 10.5. The van der Waals surface area contributed by atoms with Crippen LogP contribution in [0.2, 0.25) is 0 Å². The van der Waals surface area contributed by atoms with E-state index in [1.807, 2.05) is 7.05 Å². The third-order valence-corrected chi connectivity index (χ3v) is 5.36. The molecule has 7 heteroatoms. The normalized spacial score (nSPS) is 18.7. The second kappa shape index (κ2) is 12.6. The van der Waals surface area contributed by atoms with Crippen LogP contribution in [0.1, 0.15) is 30.9 Å². The van der Waals surface area contributed by atoms with Gasteiger partial charge in [0.15, 0.2) is 5.96 Å². The molecule has 1 aliphatic carbocycles. The summed E-state index contributed by atoms with van der Waals surface area (Å²) in [5.74, 6) is 3.13. The van der Waals surface area contributed by atoms with Gasteiger partial charge in [0.05, 0.1) is 19.8 Å². The number of ether oxygens (including phenoxy) is 2. The van der Waals surface area contributed by atoms with Gasteiger partial charge in [0.25, 0.3) is 0 Å². The lowest BCUT2D eigenvalue weighted by Gasteiger charge is -2.29. The SMILES string of the molecule is CN=C(NCc1ccc(C)cc1OCC1CC1)NCC(C)CN1CCOCC1.I. The van der Waals surface area contributed by atoms with Crippen molar-refractivity contribution in [3.8, 4) is 5.75 Å². The molecule has 2 N–H and O–H groups in total. The Morgan fingerprint density at radius 3 is 2.72 bits per heavy atom. The highest BCUT2D eigenvalue weighted by molar-refractivity contribution is 14.0. The molecule has 1 aromatic rings. The molecule has 0 radical (unpaired) electrons. The second-order valence-corrected chi connectivity index (χ2v) is 8.19. The first-order valence-corrected chi connectivity index (χ1v) is 10.6. The molecule has 1 saturated heterocycles. The molecule has 1 saturated carbocycles. The van der Waals surface area contributed by atoms with E-state index in [0.29, 0.717) is 12.5 Å². The summed E-state index contributed by atoms with van der Waals surface area (Å²) >= 11 is 0. The van der Waals surface area contributed by atoms with Gasteiger partial charge in [-0.2, -0.15) is 0 Å². The van der Waals surface area contributed by atoms with Crippen LogP contribution in [0.3, 0.4) is 0 Å². The Bertz CT molecular complexity index is 646. The summed E-state index contributed by atoms with van der Waals surface area (Å²) in [6.07, 6.45) is 2.61. The van der Waals surface area contributed by atoms with Crippen LogP contribution < -0.4 is 15.4 Å². The minimum Gasteiger partial charge on any atom is -0.493 e. The van der Waals surface area contributed by atoms with E-state index in [0.717, 1.165) is 63.6 Å². The van der Waals surface area contributed by atoms with Crippen LogP contribution in [-0.2, 0) is 11.3 Å². The van der Waals surface area contributed by atoms with E-state index in [1.165, 1.54) is 24.0 Å². The van der Waals surface area contributed by atoms with E-state index >= 15 is 0 Å². The Morgan fingerprint density at radius 1 is 1.28 bits per heavy atom. The molecule has 1 aliphatic heterocycles. The number of nitrogens with zero attached hydrogens (tertiary/aromatic N) is 2. The van der Waals surface area contributed by atoms with Crippen molar-refractivity contribution in [2.45, 2.75) is 33.2 Å². The molecule has 0 spiro atoms. The molecular weight excluding hydrogens is 479 g/mol. The lowest BCUT2D eigenvalue weighted by molar-refractivity contribution is 0.0320. The Balaban J connectivity index is 0.00000300. The van der Waals surface area contributed by atoms with Gasteiger partial charge in [0.1, 0.15) is 5.75 Å². The molecule has 0 bridgehead atoms. The second-order valence-electron chi connectivity index (χ2n) is 8.19. The molecule has 6 nitrogen and oxygen atoms in total. The minimum absolute atomic E-state index is 0. The smallest absolute Gasteiger partial charge is 0.191 e. The first-order valence-electron chi connectivity index (χ1n) is 10.6. The summed E-state index contributed by atoms with van der Waals surface area (Å²) in [7, 11) is 1.82. The van der Waals surface area contributed by atoms with E-state index in [2.05, 4.69) is 52.6 Å². The van der Waals surface area contributed by atoms with E-state index in [-0.39, 0.29) is 24.0 Å². The summed E-state index contributed by atoms with van der Waals surface area (Å²) in [5, 5.41) is 6.89. The maximum absolute atomic E-state index is 6.07. The number of halogens is 1. The fourth-order valence-electron chi connectivity index (χ4n) is 3.39. The predicted molar refractivity (Wildman–Crippen MR) is 129 cm³/mol. The van der Waals surface area contributed by atoms with Crippen molar-refractivity contribution >= 4 is 29.9 Å². The number of aryl methyl sites for hydroxylation is 1. The number of hydrogen-bond donors (Lipinski definition) is 2. The first kappa shape index (κ1) is 24.2. The predicted octanol–water partition coefficient (Wildman–Crippen LogP) is 3.04. The maximum Gasteiger partial charge on any atom is 0.191 e. The highest BCUT2D eigenvalue weighted by Crippen LogP contribution is 2.30. The van der Waals surface area contributed by atoms with E-state index < -0.39 is 0 Å². The van der Waals surface area contributed by atoms with Crippen molar-refractivity contribution in [1.82, 2.24) is 15.5 Å². The quantitative estimate of drug-likeness (QED) is 0.300. The Morgan fingerprint density at radius 2 is 2.03 bits per heavy atom. The number of aliphatic imine (C=N–C) groups is 1. The van der Waals surface area contributed by atoms with Crippen LogP contribution in [0.4, 0.5) is 0 Å². The molecule has 1 unspecified atom stereocenters. The van der Waals surface area contributed by atoms with Crippen LogP contribution in [0.5, 0.6) is 5.75 Å². The molecule has 29 heavy (non-hydrogen) atoms. The zero-order chi connectivity index (χ0) is 19.8. The number of benzene rings is 1. The fraction of sp³-hybridized carbons (Fsp3) is 0.682. The summed E-state index contributed by atoms with van der Waals surface area (Å²) in [5.41, 5.74) is 2.41. The number of morpholine rings is 1. The largest absolute Gasteiger partial charge is 0.493 e. The zero-order valence-electron chi connectivity index (χ0n) is 18.1.